The summed E-state index contributed by atoms with van der Waals surface area (Å²) < 4.78 is 5.06. The van der Waals surface area contributed by atoms with Crippen molar-refractivity contribution < 1.29 is 4.52 Å². The molecule has 1 aliphatic rings. The first-order valence-electron chi connectivity index (χ1n) is 4.79. The summed E-state index contributed by atoms with van der Waals surface area (Å²) in [6, 6.07) is 1.79. The van der Waals surface area contributed by atoms with E-state index < -0.39 is 5.79 Å². The summed E-state index contributed by atoms with van der Waals surface area (Å²) in [6.45, 7) is 1.83. The van der Waals surface area contributed by atoms with Crippen LogP contribution in [0.5, 0.6) is 0 Å². The molecule has 0 aliphatic carbocycles. The van der Waals surface area contributed by atoms with Gasteiger partial charge in [0, 0.05) is 12.1 Å². The van der Waals surface area contributed by atoms with Gasteiger partial charge in [0.1, 0.15) is 17.4 Å². The van der Waals surface area contributed by atoms with Gasteiger partial charge in [0.15, 0.2) is 5.79 Å². The molecule has 0 saturated heterocycles. The molecule has 0 bridgehead atoms. The van der Waals surface area contributed by atoms with Gasteiger partial charge in [-0.25, -0.2) is 4.99 Å². The molecule has 2 rings (SSSR count). The maximum absolute atomic E-state index is 5.99. The van der Waals surface area contributed by atoms with E-state index in [1.165, 1.54) is 6.08 Å². The van der Waals surface area contributed by atoms with Crippen molar-refractivity contribution >= 4 is 5.84 Å². The fourth-order valence-electron chi connectivity index (χ4n) is 1.58. The smallest absolute Gasteiger partial charge is 0.192 e. The van der Waals surface area contributed by atoms with Crippen LogP contribution < -0.4 is 22.5 Å². The normalized spacial score (nSPS) is 24.6. The summed E-state index contributed by atoms with van der Waals surface area (Å²) in [5, 5.41) is 6.61. The van der Waals surface area contributed by atoms with Crippen LogP contribution in [-0.2, 0) is 6.42 Å². The average molecular weight is 222 g/mol. The van der Waals surface area contributed by atoms with Gasteiger partial charge in [-0.15, -0.1) is 0 Å². The van der Waals surface area contributed by atoms with Gasteiger partial charge in [-0.1, -0.05) is 5.16 Å². The molecule has 86 valence electrons. The summed E-state index contributed by atoms with van der Waals surface area (Å²) in [5.74, 6) is 0.217. The van der Waals surface area contributed by atoms with E-state index in [1.54, 1.807) is 6.07 Å². The van der Waals surface area contributed by atoms with E-state index in [9.17, 15) is 0 Å². The number of aliphatic imine (C=N–C) groups is 1. The van der Waals surface area contributed by atoms with E-state index in [4.69, 9.17) is 21.7 Å². The van der Waals surface area contributed by atoms with Crippen LogP contribution >= 0.6 is 0 Å². The van der Waals surface area contributed by atoms with E-state index in [0.717, 1.165) is 5.69 Å². The highest BCUT2D eigenvalue weighted by molar-refractivity contribution is 5.92. The maximum Gasteiger partial charge on any atom is 0.192 e. The first kappa shape index (κ1) is 10.5. The van der Waals surface area contributed by atoms with E-state index >= 15 is 0 Å². The zero-order valence-corrected chi connectivity index (χ0v) is 8.90. The third-order valence-electron chi connectivity index (χ3n) is 2.11. The van der Waals surface area contributed by atoms with E-state index in [0.29, 0.717) is 18.0 Å². The second-order valence-electron chi connectivity index (χ2n) is 3.80. The number of aromatic nitrogens is 1. The molecule has 0 amide bonds. The van der Waals surface area contributed by atoms with Crippen LogP contribution in [0.4, 0.5) is 0 Å². The number of hydrogen-bond donors (Lipinski definition) is 4. The molecule has 0 fully saturated rings. The minimum atomic E-state index is -1.07. The van der Waals surface area contributed by atoms with Crippen molar-refractivity contribution in [3.63, 3.8) is 0 Å². The van der Waals surface area contributed by atoms with Gasteiger partial charge in [0.05, 0.1) is 12.1 Å². The van der Waals surface area contributed by atoms with Crippen LogP contribution in [0.2, 0.25) is 0 Å². The quantitative estimate of drug-likeness (QED) is 0.502. The summed E-state index contributed by atoms with van der Waals surface area (Å²) in [4.78, 5) is 4.09. The largest absolute Gasteiger partial charge is 0.385 e. The van der Waals surface area contributed by atoms with Crippen molar-refractivity contribution in [3.05, 3.63) is 29.4 Å². The predicted octanol–water partition coefficient (Wildman–Crippen LogP) is -1.10. The molecule has 1 atom stereocenters. The second-order valence-corrected chi connectivity index (χ2v) is 3.80. The third kappa shape index (κ3) is 2.14. The number of nitrogens with zero attached hydrogens (tertiary/aromatic N) is 2. The van der Waals surface area contributed by atoms with Crippen molar-refractivity contribution in [2.45, 2.75) is 19.1 Å². The Morgan fingerprint density at radius 2 is 2.25 bits per heavy atom. The fourth-order valence-corrected chi connectivity index (χ4v) is 1.58. The second kappa shape index (κ2) is 3.53. The van der Waals surface area contributed by atoms with E-state index in [1.807, 2.05) is 6.92 Å². The van der Waals surface area contributed by atoms with Gasteiger partial charge >= 0.3 is 0 Å². The molecule has 0 saturated carbocycles. The van der Waals surface area contributed by atoms with Crippen LogP contribution in [0.3, 0.4) is 0 Å². The van der Waals surface area contributed by atoms with Crippen LogP contribution in [-0.4, -0.2) is 16.8 Å². The molecule has 1 aromatic rings. The predicted molar refractivity (Wildman–Crippen MR) is 58.9 cm³/mol. The Morgan fingerprint density at radius 3 is 2.81 bits per heavy atom. The van der Waals surface area contributed by atoms with Crippen molar-refractivity contribution in [2.24, 2.45) is 22.2 Å². The molecule has 1 unspecified atom stereocenters. The monoisotopic (exact) mass is 222 g/mol. The fraction of sp³-hybridized carbons (Fsp3) is 0.333. The standard InChI is InChI=1S/C9H14N6O/c1-5-2-6(16-15-5)4-9(12)13-7(10)3-8(11)14-9/h2-3,13H,4,10,12H2,1H3,(H2,11,14). The lowest BCUT2D eigenvalue weighted by atomic mass is 10.1. The van der Waals surface area contributed by atoms with Gasteiger partial charge in [-0.05, 0) is 6.92 Å². The number of amidine groups is 1. The van der Waals surface area contributed by atoms with Gasteiger partial charge in [0.25, 0.3) is 0 Å². The van der Waals surface area contributed by atoms with Gasteiger partial charge in [0.2, 0.25) is 0 Å². The van der Waals surface area contributed by atoms with Gasteiger partial charge < -0.3 is 21.3 Å². The Morgan fingerprint density at radius 1 is 1.50 bits per heavy atom. The lowest BCUT2D eigenvalue weighted by Gasteiger charge is -2.29. The minimum Gasteiger partial charge on any atom is -0.385 e. The molecular formula is C9H14N6O. The zero-order chi connectivity index (χ0) is 11.8. The zero-order valence-electron chi connectivity index (χ0n) is 8.90. The van der Waals surface area contributed by atoms with Crippen LogP contribution in [0, 0.1) is 6.92 Å². The van der Waals surface area contributed by atoms with Gasteiger partial charge in [-0.3, -0.25) is 5.73 Å². The Kier molecular flexibility index (Phi) is 2.31. The maximum atomic E-state index is 5.99. The highest BCUT2D eigenvalue weighted by Crippen LogP contribution is 2.14. The SMILES string of the molecule is Cc1cc(CC2(N)N=C(N)C=C(N)N2)on1. The third-order valence-corrected chi connectivity index (χ3v) is 2.11. The molecule has 2 heterocycles. The Balaban J connectivity index is 2.18. The molecule has 7 nitrogen and oxygen atoms in total. The minimum absolute atomic E-state index is 0.287. The molecule has 0 spiro atoms. The molecular weight excluding hydrogens is 208 g/mol. The van der Waals surface area contributed by atoms with Crippen molar-refractivity contribution in [1.82, 2.24) is 10.5 Å². The molecule has 7 N–H and O–H groups in total. The van der Waals surface area contributed by atoms with Crippen molar-refractivity contribution in [2.75, 3.05) is 0 Å². The molecule has 1 aromatic heterocycles. The number of nitrogens with one attached hydrogen (secondary N) is 1. The first-order chi connectivity index (χ1) is 7.47. The number of hydrogen-bond acceptors (Lipinski definition) is 7. The molecule has 0 aromatic carbocycles. The first-order valence-corrected chi connectivity index (χ1v) is 4.79. The van der Waals surface area contributed by atoms with Crippen LogP contribution in [0.1, 0.15) is 11.5 Å². The highest BCUT2D eigenvalue weighted by atomic mass is 16.5. The summed E-state index contributed by atoms with van der Waals surface area (Å²) in [5.41, 5.74) is 18.0. The van der Waals surface area contributed by atoms with Crippen molar-refractivity contribution in [1.29, 1.82) is 0 Å². The molecule has 0 radical (unpaired) electrons. The highest BCUT2D eigenvalue weighted by Gasteiger charge is 2.29. The van der Waals surface area contributed by atoms with E-state index in [2.05, 4.69) is 15.5 Å². The molecule has 16 heavy (non-hydrogen) atoms. The van der Waals surface area contributed by atoms with Gasteiger partial charge in [-0.2, -0.15) is 0 Å². The lowest BCUT2D eigenvalue weighted by Crippen LogP contribution is -2.57. The number of rotatable bonds is 2. The number of nitrogens with two attached hydrogens (primary N) is 3. The Bertz CT molecular complexity index is 462. The van der Waals surface area contributed by atoms with Crippen LogP contribution in [0.25, 0.3) is 0 Å². The molecule has 7 heteroatoms. The summed E-state index contributed by atoms with van der Waals surface area (Å²) in [7, 11) is 0. The lowest BCUT2D eigenvalue weighted by molar-refractivity contribution is 0.310. The Hall–Kier alpha value is -2.02. The van der Waals surface area contributed by atoms with Crippen molar-refractivity contribution in [3.8, 4) is 0 Å². The van der Waals surface area contributed by atoms with E-state index in [-0.39, 0.29) is 5.84 Å². The summed E-state index contributed by atoms with van der Waals surface area (Å²) in [6.07, 6.45) is 1.83. The molecule has 1 aliphatic heterocycles. The average Bonchev–Trinajstić information content (AvgIpc) is 2.47. The summed E-state index contributed by atoms with van der Waals surface area (Å²) >= 11 is 0. The number of aryl methyl sites for hydroxylation is 1. The topological polar surface area (TPSA) is 128 Å². The Labute approximate surface area is 92.4 Å². The van der Waals surface area contributed by atoms with Crippen LogP contribution in [0.15, 0.2) is 27.5 Å².